The molecular weight excluding hydrogens is 414 g/mol. The first-order valence-corrected chi connectivity index (χ1v) is 11.7. The van der Waals surface area contributed by atoms with Gasteiger partial charge >= 0.3 is 0 Å². The average molecular weight is 442 g/mol. The van der Waals surface area contributed by atoms with Crippen molar-refractivity contribution in [2.24, 2.45) is 0 Å². The van der Waals surface area contributed by atoms with Gasteiger partial charge in [-0.05, 0) is 54.0 Å². The Balaban J connectivity index is 1.65. The molecule has 0 fully saturated rings. The van der Waals surface area contributed by atoms with E-state index < -0.39 is 10.0 Å². The molecule has 0 aliphatic carbocycles. The molecule has 0 unspecified atom stereocenters. The predicted molar refractivity (Wildman–Crippen MR) is 122 cm³/mol. The van der Waals surface area contributed by atoms with Crippen LogP contribution in [0.1, 0.15) is 31.9 Å². The van der Waals surface area contributed by atoms with Crippen molar-refractivity contribution in [3.63, 3.8) is 0 Å². The van der Waals surface area contributed by atoms with Crippen LogP contribution in [0.4, 0.5) is 11.4 Å². The van der Waals surface area contributed by atoms with Gasteiger partial charge in [-0.3, -0.25) is 9.59 Å². The fourth-order valence-corrected chi connectivity index (χ4v) is 5.08. The molecule has 1 aliphatic heterocycles. The summed E-state index contributed by atoms with van der Waals surface area (Å²) in [4.78, 5) is 25.9. The number of carbonyl (C=O) groups excluding carboxylic acids is 2. The Kier molecular flexibility index (Phi) is 6.92. The maximum absolute atomic E-state index is 12.5. The molecule has 0 aromatic heterocycles. The summed E-state index contributed by atoms with van der Waals surface area (Å²) in [5, 5.41) is 2.82. The highest BCUT2D eigenvalue weighted by molar-refractivity contribution is 7.89. The first-order valence-electron chi connectivity index (χ1n) is 10.3. The molecule has 2 aromatic carbocycles. The summed E-state index contributed by atoms with van der Waals surface area (Å²) in [7, 11) is -3.50. The number of hydrogen-bond acceptors (Lipinski definition) is 4. The topological polar surface area (TPSA) is 86.8 Å². The summed E-state index contributed by atoms with van der Waals surface area (Å²) in [6, 6.07) is 11.9. The highest BCUT2D eigenvalue weighted by atomic mass is 32.2. The van der Waals surface area contributed by atoms with Gasteiger partial charge in [-0.2, -0.15) is 4.31 Å². The summed E-state index contributed by atoms with van der Waals surface area (Å²) < 4.78 is 26.5. The van der Waals surface area contributed by atoms with Gasteiger partial charge in [0.05, 0.1) is 4.90 Å². The van der Waals surface area contributed by atoms with E-state index in [1.807, 2.05) is 12.1 Å². The third-order valence-electron chi connectivity index (χ3n) is 5.27. The summed E-state index contributed by atoms with van der Waals surface area (Å²) in [5.74, 6) is -0.282. The van der Waals surface area contributed by atoms with Crippen LogP contribution in [-0.4, -0.2) is 44.2 Å². The number of nitrogens with one attached hydrogen (secondary N) is 1. The van der Waals surface area contributed by atoms with Crippen molar-refractivity contribution in [3.05, 3.63) is 59.7 Å². The predicted octanol–water partition coefficient (Wildman–Crippen LogP) is 3.28. The molecule has 3 rings (SSSR count). The highest BCUT2D eigenvalue weighted by Gasteiger charge is 2.22. The molecule has 1 heterocycles. The second-order valence-electron chi connectivity index (χ2n) is 7.25. The number of hydrogen-bond donors (Lipinski definition) is 1. The van der Waals surface area contributed by atoms with E-state index in [4.69, 9.17) is 0 Å². The van der Waals surface area contributed by atoms with Gasteiger partial charge in [0.2, 0.25) is 21.8 Å². The van der Waals surface area contributed by atoms with Crippen molar-refractivity contribution in [1.29, 1.82) is 0 Å². The zero-order chi connectivity index (χ0) is 22.6. The lowest BCUT2D eigenvalue weighted by atomic mass is 10.1. The SMILES string of the molecule is CCN(CC)S(=O)(=O)c1ccc(/C=C/C(=O)Nc2ccc3c(c2)CCN3C(C)=O)cc1. The molecule has 31 heavy (non-hydrogen) atoms. The van der Waals surface area contributed by atoms with E-state index in [9.17, 15) is 18.0 Å². The van der Waals surface area contributed by atoms with Crippen LogP contribution in [0.15, 0.2) is 53.4 Å². The lowest BCUT2D eigenvalue weighted by molar-refractivity contribution is -0.116. The monoisotopic (exact) mass is 441 g/mol. The molecule has 0 saturated carbocycles. The van der Waals surface area contributed by atoms with Gasteiger partial charge in [0, 0.05) is 44.0 Å². The van der Waals surface area contributed by atoms with Gasteiger partial charge in [0.1, 0.15) is 0 Å². The Morgan fingerprint density at radius 1 is 1.10 bits per heavy atom. The summed E-state index contributed by atoms with van der Waals surface area (Å²) in [6.07, 6.45) is 3.80. The highest BCUT2D eigenvalue weighted by Crippen LogP contribution is 2.30. The van der Waals surface area contributed by atoms with Crippen molar-refractivity contribution < 1.29 is 18.0 Å². The Hall–Kier alpha value is -2.97. The molecule has 2 aromatic rings. The number of nitrogens with zero attached hydrogens (tertiary/aromatic N) is 2. The first-order chi connectivity index (χ1) is 14.8. The Morgan fingerprint density at radius 2 is 1.77 bits per heavy atom. The van der Waals surface area contributed by atoms with Gasteiger partial charge in [0.25, 0.3) is 0 Å². The molecule has 1 aliphatic rings. The molecular formula is C23H27N3O4S. The maximum atomic E-state index is 12.5. The fourth-order valence-electron chi connectivity index (χ4n) is 3.63. The Labute approximate surface area is 183 Å². The third kappa shape index (κ3) is 5.03. The van der Waals surface area contributed by atoms with Crippen molar-refractivity contribution in [3.8, 4) is 0 Å². The third-order valence-corrected chi connectivity index (χ3v) is 7.34. The number of anilines is 2. The van der Waals surface area contributed by atoms with Crippen molar-refractivity contribution in [2.45, 2.75) is 32.1 Å². The second kappa shape index (κ2) is 9.45. The molecule has 1 N–H and O–H groups in total. The van der Waals surface area contributed by atoms with Crippen LogP contribution < -0.4 is 10.2 Å². The van der Waals surface area contributed by atoms with Gasteiger partial charge < -0.3 is 10.2 Å². The first kappa shape index (κ1) is 22.7. The van der Waals surface area contributed by atoms with Crippen molar-refractivity contribution in [1.82, 2.24) is 4.31 Å². The quantitative estimate of drug-likeness (QED) is 0.668. The number of benzene rings is 2. The fraction of sp³-hybridized carbons (Fsp3) is 0.304. The van der Waals surface area contributed by atoms with Crippen LogP contribution in [0.5, 0.6) is 0 Å². The maximum Gasteiger partial charge on any atom is 0.248 e. The van der Waals surface area contributed by atoms with Crippen molar-refractivity contribution >= 4 is 39.3 Å². The molecule has 0 radical (unpaired) electrons. The van der Waals surface area contributed by atoms with Gasteiger partial charge in [-0.1, -0.05) is 26.0 Å². The molecule has 0 spiro atoms. The molecule has 0 bridgehead atoms. The summed E-state index contributed by atoms with van der Waals surface area (Å²) in [6.45, 7) is 6.63. The number of amides is 2. The standard InChI is InChI=1S/C23H27N3O4S/c1-4-25(5-2)31(29,30)21-10-6-18(7-11-21)8-13-23(28)24-20-9-12-22-19(16-20)14-15-26(22)17(3)27/h6-13,16H,4-5,14-15H2,1-3H3,(H,24,28)/b13-8+. The van der Waals surface area contributed by atoms with Crippen LogP contribution in [0, 0.1) is 0 Å². The van der Waals surface area contributed by atoms with E-state index in [1.165, 1.54) is 10.4 Å². The summed E-state index contributed by atoms with van der Waals surface area (Å²) in [5.41, 5.74) is 3.31. The van der Waals surface area contributed by atoms with Crippen LogP contribution >= 0.6 is 0 Å². The van der Waals surface area contributed by atoms with E-state index in [0.29, 0.717) is 25.3 Å². The zero-order valence-electron chi connectivity index (χ0n) is 18.0. The molecule has 7 nitrogen and oxygen atoms in total. The minimum absolute atomic E-state index is 0.00869. The molecule has 0 atom stereocenters. The minimum atomic E-state index is -3.50. The Bertz CT molecular complexity index is 1100. The molecule has 2 amide bonds. The lowest BCUT2D eigenvalue weighted by Gasteiger charge is -2.18. The molecule has 164 valence electrons. The van der Waals surface area contributed by atoms with Crippen molar-refractivity contribution in [2.75, 3.05) is 29.9 Å². The molecule has 8 heteroatoms. The van der Waals surface area contributed by atoms with Gasteiger partial charge in [0.15, 0.2) is 0 Å². The van der Waals surface area contributed by atoms with E-state index in [1.54, 1.807) is 62.1 Å². The molecule has 0 saturated heterocycles. The smallest absolute Gasteiger partial charge is 0.248 e. The van der Waals surface area contributed by atoms with E-state index in [2.05, 4.69) is 5.32 Å². The second-order valence-corrected chi connectivity index (χ2v) is 9.18. The zero-order valence-corrected chi connectivity index (χ0v) is 18.8. The number of sulfonamides is 1. The van der Waals surface area contributed by atoms with Crippen LogP contribution in [-0.2, 0) is 26.0 Å². The largest absolute Gasteiger partial charge is 0.323 e. The van der Waals surface area contributed by atoms with Crippen LogP contribution in [0.2, 0.25) is 0 Å². The number of fused-ring (bicyclic) bond motifs is 1. The van der Waals surface area contributed by atoms with Gasteiger partial charge in [-0.25, -0.2) is 8.42 Å². The van der Waals surface area contributed by atoms with Crippen LogP contribution in [0.3, 0.4) is 0 Å². The lowest BCUT2D eigenvalue weighted by Crippen LogP contribution is -2.30. The van der Waals surface area contributed by atoms with E-state index >= 15 is 0 Å². The minimum Gasteiger partial charge on any atom is -0.323 e. The number of carbonyl (C=O) groups is 2. The van der Waals surface area contributed by atoms with Gasteiger partial charge in [-0.15, -0.1) is 0 Å². The van der Waals surface area contributed by atoms with Crippen LogP contribution in [0.25, 0.3) is 6.08 Å². The normalized spacial score (nSPS) is 13.6. The van der Waals surface area contributed by atoms with E-state index in [0.717, 1.165) is 23.2 Å². The number of rotatable bonds is 7. The summed E-state index contributed by atoms with van der Waals surface area (Å²) >= 11 is 0. The average Bonchev–Trinajstić information content (AvgIpc) is 3.17. The van der Waals surface area contributed by atoms with E-state index in [-0.39, 0.29) is 16.7 Å². The Morgan fingerprint density at radius 3 is 2.39 bits per heavy atom.